The van der Waals surface area contributed by atoms with Gasteiger partial charge in [0.05, 0.1) is 0 Å². The number of likely N-dealkylation sites (N-methyl/N-ethyl adjacent to an activating group) is 1. The molecule has 2 aliphatic rings. The Morgan fingerprint density at radius 3 is 2.32 bits per heavy atom. The van der Waals surface area contributed by atoms with Gasteiger partial charge in [0, 0.05) is 63.5 Å². The van der Waals surface area contributed by atoms with E-state index in [1.54, 1.807) is 11.8 Å². The molecule has 136 valence electrons. The number of anilines is 2. The Labute approximate surface area is 149 Å². The van der Waals surface area contributed by atoms with E-state index in [2.05, 4.69) is 34.3 Å². The largest absolute Gasteiger partial charge is 0.369 e. The molecule has 1 heterocycles. The summed E-state index contributed by atoms with van der Waals surface area (Å²) in [5, 5.41) is 2.92. The summed E-state index contributed by atoms with van der Waals surface area (Å²) in [6, 6.07) is 8.16. The van der Waals surface area contributed by atoms with E-state index in [0.717, 1.165) is 44.7 Å². The van der Waals surface area contributed by atoms with Gasteiger partial charge in [-0.25, -0.2) is 0 Å². The highest BCUT2D eigenvalue weighted by Crippen LogP contribution is 2.28. The van der Waals surface area contributed by atoms with Crippen LogP contribution in [0.15, 0.2) is 24.3 Å². The summed E-state index contributed by atoms with van der Waals surface area (Å²) in [5.74, 6) is 0.315. The number of benzene rings is 1. The average molecular weight is 344 g/mol. The third kappa shape index (κ3) is 4.72. The molecule has 1 saturated carbocycles. The molecule has 1 saturated heterocycles. The van der Waals surface area contributed by atoms with Crippen LogP contribution in [0.5, 0.6) is 0 Å². The standard InChI is InChI=1S/C19H28N4O2/c1-15(24)23(10-9-20-19(25)16-3-4-16)18-7-5-17(6-8-18)22-13-11-21(2)12-14-22/h5-8,16H,3-4,9-14H2,1-2H3,(H,20,25). The van der Waals surface area contributed by atoms with Crippen LogP contribution >= 0.6 is 0 Å². The van der Waals surface area contributed by atoms with Gasteiger partial charge in [0.1, 0.15) is 0 Å². The van der Waals surface area contributed by atoms with Crippen LogP contribution in [-0.2, 0) is 9.59 Å². The van der Waals surface area contributed by atoms with Gasteiger partial charge >= 0.3 is 0 Å². The van der Waals surface area contributed by atoms with Gasteiger partial charge in [-0.05, 0) is 44.2 Å². The molecule has 6 nitrogen and oxygen atoms in total. The molecule has 0 radical (unpaired) electrons. The van der Waals surface area contributed by atoms with E-state index in [1.165, 1.54) is 5.69 Å². The number of nitrogens with one attached hydrogen (secondary N) is 1. The van der Waals surface area contributed by atoms with Gasteiger partial charge < -0.3 is 20.0 Å². The van der Waals surface area contributed by atoms with Crippen molar-refractivity contribution in [3.05, 3.63) is 24.3 Å². The van der Waals surface area contributed by atoms with Crippen LogP contribution in [0.3, 0.4) is 0 Å². The van der Waals surface area contributed by atoms with E-state index in [4.69, 9.17) is 0 Å². The zero-order valence-electron chi connectivity index (χ0n) is 15.2. The number of hydrogen-bond donors (Lipinski definition) is 1. The van der Waals surface area contributed by atoms with Crippen molar-refractivity contribution in [2.45, 2.75) is 19.8 Å². The van der Waals surface area contributed by atoms with Crippen molar-refractivity contribution >= 4 is 23.2 Å². The Hall–Kier alpha value is -2.08. The highest BCUT2D eigenvalue weighted by atomic mass is 16.2. The predicted octanol–water partition coefficient (Wildman–Crippen LogP) is 1.32. The Morgan fingerprint density at radius 1 is 1.12 bits per heavy atom. The van der Waals surface area contributed by atoms with Crippen LogP contribution in [0.4, 0.5) is 11.4 Å². The van der Waals surface area contributed by atoms with Crippen LogP contribution in [0, 0.1) is 5.92 Å². The fraction of sp³-hybridized carbons (Fsp3) is 0.579. The zero-order valence-corrected chi connectivity index (χ0v) is 15.2. The lowest BCUT2D eigenvalue weighted by molar-refractivity contribution is -0.122. The van der Waals surface area contributed by atoms with Crippen molar-refractivity contribution in [1.29, 1.82) is 0 Å². The highest BCUT2D eigenvalue weighted by molar-refractivity contribution is 5.91. The van der Waals surface area contributed by atoms with Crippen molar-refractivity contribution in [3.63, 3.8) is 0 Å². The molecule has 0 spiro atoms. The molecule has 1 aliphatic carbocycles. The Bertz CT molecular complexity index is 604. The third-order valence-corrected chi connectivity index (χ3v) is 4.99. The van der Waals surface area contributed by atoms with Gasteiger partial charge in [0.25, 0.3) is 0 Å². The molecule has 6 heteroatoms. The van der Waals surface area contributed by atoms with Gasteiger partial charge in [0.15, 0.2) is 0 Å². The van der Waals surface area contributed by atoms with Crippen molar-refractivity contribution in [3.8, 4) is 0 Å². The van der Waals surface area contributed by atoms with Crippen LogP contribution < -0.4 is 15.1 Å². The molecule has 25 heavy (non-hydrogen) atoms. The minimum Gasteiger partial charge on any atom is -0.369 e. The van der Waals surface area contributed by atoms with Gasteiger partial charge in [-0.15, -0.1) is 0 Å². The first-order valence-electron chi connectivity index (χ1n) is 9.14. The van der Waals surface area contributed by atoms with E-state index in [0.29, 0.717) is 13.1 Å². The smallest absolute Gasteiger partial charge is 0.223 e. The molecule has 1 N–H and O–H groups in total. The normalized spacial score (nSPS) is 18.1. The number of carbonyl (C=O) groups excluding carboxylic acids is 2. The van der Waals surface area contributed by atoms with Gasteiger partial charge in [0.2, 0.25) is 11.8 Å². The molecule has 0 bridgehead atoms. The van der Waals surface area contributed by atoms with Crippen LogP contribution in [0.2, 0.25) is 0 Å². The summed E-state index contributed by atoms with van der Waals surface area (Å²) in [7, 11) is 2.15. The van der Waals surface area contributed by atoms with Crippen molar-refractivity contribution in [2.75, 3.05) is 56.1 Å². The molecule has 0 aromatic heterocycles. The maximum atomic E-state index is 12.0. The van der Waals surface area contributed by atoms with E-state index in [-0.39, 0.29) is 17.7 Å². The van der Waals surface area contributed by atoms with E-state index < -0.39 is 0 Å². The van der Waals surface area contributed by atoms with Gasteiger partial charge in [-0.3, -0.25) is 9.59 Å². The molecule has 2 amide bonds. The highest BCUT2D eigenvalue weighted by Gasteiger charge is 2.29. The lowest BCUT2D eigenvalue weighted by atomic mass is 10.2. The Morgan fingerprint density at radius 2 is 1.76 bits per heavy atom. The number of hydrogen-bond acceptors (Lipinski definition) is 4. The minimum atomic E-state index is -0.00646. The Kier molecular flexibility index (Phi) is 5.58. The van der Waals surface area contributed by atoms with Crippen molar-refractivity contribution < 1.29 is 9.59 Å². The molecule has 1 aliphatic heterocycles. The van der Waals surface area contributed by atoms with Crippen molar-refractivity contribution in [1.82, 2.24) is 10.2 Å². The van der Waals surface area contributed by atoms with E-state index in [9.17, 15) is 9.59 Å². The molecule has 0 atom stereocenters. The van der Waals surface area contributed by atoms with Crippen molar-refractivity contribution in [2.24, 2.45) is 5.92 Å². The summed E-state index contributed by atoms with van der Waals surface area (Å²) in [6.07, 6.45) is 1.99. The Balaban J connectivity index is 1.57. The number of rotatable bonds is 6. The fourth-order valence-electron chi connectivity index (χ4n) is 3.16. The molecular weight excluding hydrogens is 316 g/mol. The number of amides is 2. The summed E-state index contributed by atoms with van der Waals surface area (Å²) in [6.45, 7) is 6.76. The van der Waals surface area contributed by atoms with E-state index >= 15 is 0 Å². The van der Waals surface area contributed by atoms with Crippen LogP contribution in [-0.4, -0.2) is 63.0 Å². The molecule has 3 rings (SSSR count). The maximum Gasteiger partial charge on any atom is 0.223 e. The second kappa shape index (κ2) is 7.87. The first-order chi connectivity index (χ1) is 12.0. The summed E-state index contributed by atoms with van der Waals surface area (Å²) < 4.78 is 0. The SMILES string of the molecule is CC(=O)N(CCNC(=O)C1CC1)c1ccc(N2CCN(C)CC2)cc1. The number of carbonyl (C=O) groups is 2. The van der Waals surface area contributed by atoms with Gasteiger partial charge in [-0.2, -0.15) is 0 Å². The average Bonchev–Trinajstić information content (AvgIpc) is 3.44. The first-order valence-corrected chi connectivity index (χ1v) is 9.14. The second-order valence-corrected chi connectivity index (χ2v) is 7.04. The second-order valence-electron chi connectivity index (χ2n) is 7.04. The van der Waals surface area contributed by atoms with Crippen LogP contribution in [0.1, 0.15) is 19.8 Å². The molecule has 0 unspecified atom stereocenters. The number of nitrogens with zero attached hydrogens (tertiary/aromatic N) is 3. The number of piperazine rings is 1. The fourth-order valence-corrected chi connectivity index (χ4v) is 3.16. The van der Waals surface area contributed by atoms with Gasteiger partial charge in [-0.1, -0.05) is 0 Å². The lowest BCUT2D eigenvalue weighted by Crippen LogP contribution is -2.44. The first kappa shape index (κ1) is 17.7. The minimum absolute atomic E-state index is 0.00646. The summed E-state index contributed by atoms with van der Waals surface area (Å²) in [5.41, 5.74) is 2.08. The quantitative estimate of drug-likeness (QED) is 0.846. The monoisotopic (exact) mass is 344 g/mol. The molecule has 1 aromatic carbocycles. The molecule has 1 aromatic rings. The third-order valence-electron chi connectivity index (χ3n) is 4.99. The zero-order chi connectivity index (χ0) is 17.8. The predicted molar refractivity (Wildman–Crippen MR) is 99.9 cm³/mol. The topological polar surface area (TPSA) is 55.9 Å². The maximum absolute atomic E-state index is 12.0. The summed E-state index contributed by atoms with van der Waals surface area (Å²) in [4.78, 5) is 30.1. The van der Waals surface area contributed by atoms with E-state index in [1.807, 2.05) is 12.1 Å². The van der Waals surface area contributed by atoms with Crippen LogP contribution in [0.25, 0.3) is 0 Å². The summed E-state index contributed by atoms with van der Waals surface area (Å²) >= 11 is 0. The lowest BCUT2D eigenvalue weighted by Gasteiger charge is -2.34. The molecular formula is C19H28N4O2. The molecule has 2 fully saturated rings.